The molecule has 0 spiro atoms. The first-order chi connectivity index (χ1) is 7.32. The van der Waals surface area contributed by atoms with E-state index < -0.39 is 27.9 Å². The van der Waals surface area contributed by atoms with Crippen molar-refractivity contribution in [1.82, 2.24) is 0 Å². The summed E-state index contributed by atoms with van der Waals surface area (Å²) in [5.41, 5.74) is -0.169. The highest BCUT2D eigenvalue weighted by atomic mass is 32.2. The second kappa shape index (κ2) is 3.49. The van der Waals surface area contributed by atoms with Gasteiger partial charge in [0.05, 0.1) is 4.90 Å². The van der Waals surface area contributed by atoms with Crippen LogP contribution in [-0.2, 0) is 16.3 Å². The molecule has 2 rings (SSSR count). The van der Waals surface area contributed by atoms with E-state index in [0.717, 1.165) is 18.4 Å². The number of rotatable bonds is 1. The van der Waals surface area contributed by atoms with E-state index in [4.69, 9.17) is 0 Å². The molecule has 2 atom stereocenters. The van der Waals surface area contributed by atoms with Gasteiger partial charge in [0, 0.05) is 18.2 Å². The molecular weight excluding hydrogens is 238 g/mol. The molecule has 1 N–H and O–H groups in total. The number of hydrogen-bond acceptors (Lipinski definition) is 3. The summed E-state index contributed by atoms with van der Waals surface area (Å²) in [4.78, 5) is -0.198. The SMILES string of the molecule is CS(=O)(=O)c1ccc(F)c2c1[C@H](O)[C@H](F)C2. The van der Waals surface area contributed by atoms with Crippen LogP contribution in [0.1, 0.15) is 17.2 Å². The summed E-state index contributed by atoms with van der Waals surface area (Å²) in [6.45, 7) is 0. The summed E-state index contributed by atoms with van der Waals surface area (Å²) in [5, 5.41) is 9.51. The molecule has 0 radical (unpaired) electrons. The van der Waals surface area contributed by atoms with Crippen LogP contribution in [0.2, 0.25) is 0 Å². The Hall–Kier alpha value is -1.01. The van der Waals surface area contributed by atoms with E-state index in [1.807, 2.05) is 0 Å². The first-order valence-corrected chi connectivity index (χ1v) is 6.55. The first kappa shape index (κ1) is 11.5. The summed E-state index contributed by atoms with van der Waals surface area (Å²) in [7, 11) is -3.59. The standard InChI is InChI=1S/C10H10F2O3S/c1-16(14,15)8-3-2-6(11)5-4-7(12)10(13)9(5)8/h2-3,7,10,13H,4H2,1H3/t7-,10-/m1/s1. The molecule has 1 aliphatic rings. The minimum absolute atomic E-state index is 0.0390. The summed E-state index contributed by atoms with van der Waals surface area (Å²) in [6.07, 6.45) is -2.55. The Labute approximate surface area is 91.6 Å². The fourth-order valence-corrected chi connectivity index (χ4v) is 2.92. The highest BCUT2D eigenvalue weighted by molar-refractivity contribution is 7.90. The Morgan fingerprint density at radius 1 is 1.44 bits per heavy atom. The summed E-state index contributed by atoms with van der Waals surface area (Å²) < 4.78 is 49.4. The van der Waals surface area contributed by atoms with Gasteiger partial charge >= 0.3 is 0 Å². The zero-order valence-corrected chi connectivity index (χ0v) is 9.26. The fraction of sp³-hybridized carbons (Fsp3) is 0.400. The molecule has 3 nitrogen and oxygen atoms in total. The average Bonchev–Trinajstić information content (AvgIpc) is 2.44. The minimum atomic E-state index is -3.59. The highest BCUT2D eigenvalue weighted by Crippen LogP contribution is 2.38. The Morgan fingerprint density at radius 2 is 2.06 bits per heavy atom. The van der Waals surface area contributed by atoms with Crippen LogP contribution in [0.25, 0.3) is 0 Å². The molecular formula is C10H10F2O3S. The smallest absolute Gasteiger partial charge is 0.175 e. The van der Waals surface area contributed by atoms with E-state index in [-0.39, 0.29) is 22.4 Å². The molecule has 0 amide bonds. The normalized spacial score (nSPS) is 24.5. The molecule has 1 aromatic rings. The third-order valence-electron chi connectivity index (χ3n) is 2.70. The lowest BCUT2D eigenvalue weighted by atomic mass is 10.1. The third kappa shape index (κ3) is 1.62. The molecule has 0 saturated carbocycles. The van der Waals surface area contributed by atoms with Crippen LogP contribution in [0.4, 0.5) is 8.78 Å². The van der Waals surface area contributed by atoms with Crippen LogP contribution in [-0.4, -0.2) is 26.0 Å². The van der Waals surface area contributed by atoms with Crippen LogP contribution >= 0.6 is 0 Å². The van der Waals surface area contributed by atoms with Gasteiger partial charge < -0.3 is 5.11 Å². The number of hydrogen-bond donors (Lipinski definition) is 1. The highest BCUT2D eigenvalue weighted by Gasteiger charge is 2.37. The number of alkyl halides is 1. The van der Waals surface area contributed by atoms with E-state index in [1.165, 1.54) is 0 Å². The fourth-order valence-electron chi connectivity index (χ4n) is 1.96. The maximum Gasteiger partial charge on any atom is 0.175 e. The van der Waals surface area contributed by atoms with Crippen LogP contribution in [0.3, 0.4) is 0 Å². The van der Waals surface area contributed by atoms with Crippen LogP contribution < -0.4 is 0 Å². The van der Waals surface area contributed by atoms with Gasteiger partial charge in [0.25, 0.3) is 0 Å². The molecule has 6 heteroatoms. The number of sulfone groups is 1. The van der Waals surface area contributed by atoms with Crippen molar-refractivity contribution >= 4 is 9.84 Å². The number of aliphatic hydroxyl groups is 1. The van der Waals surface area contributed by atoms with Gasteiger partial charge in [-0.3, -0.25) is 0 Å². The maximum absolute atomic E-state index is 13.3. The second-order valence-corrected chi connectivity index (χ2v) is 5.86. The van der Waals surface area contributed by atoms with E-state index in [0.29, 0.717) is 0 Å². The van der Waals surface area contributed by atoms with Gasteiger partial charge in [0.1, 0.15) is 18.1 Å². The predicted octanol–water partition coefficient (Wildman–Crippen LogP) is 1.16. The quantitative estimate of drug-likeness (QED) is 0.759. The van der Waals surface area contributed by atoms with E-state index >= 15 is 0 Å². The molecule has 0 aromatic heterocycles. The molecule has 0 unspecified atom stereocenters. The Morgan fingerprint density at radius 3 is 2.62 bits per heavy atom. The minimum Gasteiger partial charge on any atom is -0.385 e. The van der Waals surface area contributed by atoms with Crippen molar-refractivity contribution in [2.75, 3.05) is 6.26 Å². The molecule has 1 aromatic carbocycles. The van der Waals surface area contributed by atoms with Gasteiger partial charge in [0.15, 0.2) is 9.84 Å². The molecule has 0 aliphatic heterocycles. The molecule has 0 saturated heterocycles. The third-order valence-corrected chi connectivity index (χ3v) is 3.85. The zero-order valence-electron chi connectivity index (χ0n) is 8.44. The Balaban J connectivity index is 2.75. The Bertz CT molecular complexity index is 539. The van der Waals surface area contributed by atoms with Crippen LogP contribution in [0.15, 0.2) is 17.0 Å². The predicted molar refractivity (Wildman–Crippen MR) is 53.1 cm³/mol. The average molecular weight is 248 g/mol. The lowest BCUT2D eigenvalue weighted by molar-refractivity contribution is 0.0907. The number of fused-ring (bicyclic) bond motifs is 1. The van der Waals surface area contributed by atoms with Crippen molar-refractivity contribution in [3.63, 3.8) is 0 Å². The maximum atomic E-state index is 13.3. The van der Waals surface area contributed by atoms with Crippen molar-refractivity contribution in [2.45, 2.75) is 23.6 Å². The van der Waals surface area contributed by atoms with Gasteiger partial charge in [-0.25, -0.2) is 17.2 Å². The van der Waals surface area contributed by atoms with Gasteiger partial charge in [-0.1, -0.05) is 0 Å². The van der Waals surface area contributed by atoms with Crippen molar-refractivity contribution in [3.8, 4) is 0 Å². The molecule has 0 fully saturated rings. The summed E-state index contributed by atoms with van der Waals surface area (Å²) in [6, 6.07) is 2.05. The van der Waals surface area contributed by atoms with Crippen molar-refractivity contribution < 1.29 is 22.3 Å². The number of aliphatic hydroxyl groups excluding tert-OH is 1. The Kier molecular flexibility index (Phi) is 2.51. The van der Waals surface area contributed by atoms with E-state index in [9.17, 15) is 22.3 Å². The van der Waals surface area contributed by atoms with Crippen LogP contribution in [0, 0.1) is 5.82 Å². The monoisotopic (exact) mass is 248 g/mol. The topological polar surface area (TPSA) is 54.4 Å². The van der Waals surface area contributed by atoms with Gasteiger partial charge in [-0.15, -0.1) is 0 Å². The molecule has 0 bridgehead atoms. The summed E-state index contributed by atoms with van der Waals surface area (Å²) in [5.74, 6) is -0.679. The summed E-state index contributed by atoms with van der Waals surface area (Å²) >= 11 is 0. The largest absolute Gasteiger partial charge is 0.385 e. The van der Waals surface area contributed by atoms with E-state index in [1.54, 1.807) is 0 Å². The molecule has 0 heterocycles. The van der Waals surface area contributed by atoms with Gasteiger partial charge in [0.2, 0.25) is 0 Å². The van der Waals surface area contributed by atoms with Gasteiger partial charge in [-0.2, -0.15) is 0 Å². The molecule has 16 heavy (non-hydrogen) atoms. The van der Waals surface area contributed by atoms with Crippen molar-refractivity contribution in [1.29, 1.82) is 0 Å². The molecule has 88 valence electrons. The van der Waals surface area contributed by atoms with Gasteiger partial charge in [-0.05, 0) is 17.7 Å². The zero-order chi connectivity index (χ0) is 12.1. The lowest BCUT2D eigenvalue weighted by Crippen LogP contribution is -2.10. The van der Waals surface area contributed by atoms with E-state index in [2.05, 4.69) is 0 Å². The molecule has 1 aliphatic carbocycles. The van der Waals surface area contributed by atoms with Crippen molar-refractivity contribution in [3.05, 3.63) is 29.1 Å². The van der Waals surface area contributed by atoms with Crippen LogP contribution in [0.5, 0.6) is 0 Å². The number of benzene rings is 1. The van der Waals surface area contributed by atoms with Crippen molar-refractivity contribution in [2.24, 2.45) is 0 Å². The lowest BCUT2D eigenvalue weighted by Gasteiger charge is -2.11. The first-order valence-electron chi connectivity index (χ1n) is 4.66. The second-order valence-electron chi connectivity index (χ2n) is 3.87. The number of halogens is 2.